The summed E-state index contributed by atoms with van der Waals surface area (Å²) in [7, 11) is 0. The Morgan fingerprint density at radius 3 is 2.19 bits per heavy atom. The fourth-order valence-electron chi connectivity index (χ4n) is 3.65. The molecule has 2 saturated carbocycles. The minimum atomic E-state index is 0.288. The van der Waals surface area contributed by atoms with E-state index in [1.807, 2.05) is 0 Å². The summed E-state index contributed by atoms with van der Waals surface area (Å²) >= 11 is 0. The van der Waals surface area contributed by atoms with Crippen LogP contribution in [0.3, 0.4) is 0 Å². The Kier molecular flexibility index (Phi) is 3.91. The first-order chi connectivity index (χ1) is 7.72. The Labute approximate surface area is 101 Å². The Morgan fingerprint density at radius 2 is 1.75 bits per heavy atom. The van der Waals surface area contributed by atoms with E-state index in [1.54, 1.807) is 0 Å². The number of hydrogen-bond acceptors (Lipinski definition) is 2. The predicted molar refractivity (Wildman–Crippen MR) is 69.4 cm³/mol. The van der Waals surface area contributed by atoms with Gasteiger partial charge < -0.3 is 5.73 Å². The highest BCUT2D eigenvalue weighted by Gasteiger charge is 2.46. The minimum absolute atomic E-state index is 0.288. The summed E-state index contributed by atoms with van der Waals surface area (Å²) in [6.07, 6.45) is 9.88. The lowest BCUT2D eigenvalue weighted by Crippen LogP contribution is -2.57. The van der Waals surface area contributed by atoms with Crippen molar-refractivity contribution in [2.75, 3.05) is 13.1 Å². The van der Waals surface area contributed by atoms with E-state index in [2.05, 4.69) is 18.7 Å². The molecule has 0 aliphatic heterocycles. The van der Waals surface area contributed by atoms with E-state index in [-0.39, 0.29) is 5.54 Å². The molecule has 0 heterocycles. The van der Waals surface area contributed by atoms with Crippen molar-refractivity contribution in [3.05, 3.63) is 0 Å². The van der Waals surface area contributed by atoms with Gasteiger partial charge in [-0.2, -0.15) is 0 Å². The van der Waals surface area contributed by atoms with Crippen molar-refractivity contribution in [3.63, 3.8) is 0 Å². The molecule has 0 aromatic heterocycles. The molecule has 2 aliphatic rings. The van der Waals surface area contributed by atoms with Gasteiger partial charge in [0, 0.05) is 18.1 Å². The van der Waals surface area contributed by atoms with Gasteiger partial charge in [0.05, 0.1) is 0 Å². The average Bonchev–Trinajstić information content (AvgIpc) is 3.15. The molecule has 2 heteroatoms. The molecule has 2 rings (SSSR count). The second-order valence-electron chi connectivity index (χ2n) is 5.91. The molecule has 0 saturated heterocycles. The molecule has 94 valence electrons. The molecule has 2 N–H and O–H groups in total. The molecule has 0 amide bonds. The van der Waals surface area contributed by atoms with Gasteiger partial charge in [-0.25, -0.2) is 0 Å². The normalized spacial score (nSPS) is 27.0. The first-order valence-corrected chi connectivity index (χ1v) is 7.19. The van der Waals surface area contributed by atoms with E-state index in [9.17, 15) is 0 Å². The van der Waals surface area contributed by atoms with E-state index in [0.717, 1.165) is 18.5 Å². The highest BCUT2D eigenvalue weighted by atomic mass is 15.2. The highest BCUT2D eigenvalue weighted by Crippen LogP contribution is 2.44. The van der Waals surface area contributed by atoms with Crippen LogP contribution in [0.2, 0.25) is 0 Å². The number of nitrogens with two attached hydrogens (primary N) is 1. The number of hydrogen-bond donors (Lipinski definition) is 1. The Bertz CT molecular complexity index is 219. The predicted octanol–water partition coefficient (Wildman–Crippen LogP) is 2.77. The van der Waals surface area contributed by atoms with Crippen LogP contribution in [0.1, 0.15) is 58.8 Å². The lowest BCUT2D eigenvalue weighted by atomic mass is 9.86. The molecule has 16 heavy (non-hydrogen) atoms. The summed E-state index contributed by atoms with van der Waals surface area (Å²) in [6, 6.07) is 0.813. The van der Waals surface area contributed by atoms with Crippen molar-refractivity contribution in [2.45, 2.75) is 70.4 Å². The molecule has 0 spiro atoms. The molecule has 2 fully saturated rings. The second kappa shape index (κ2) is 5.05. The van der Waals surface area contributed by atoms with Crippen LogP contribution in [-0.2, 0) is 0 Å². The Morgan fingerprint density at radius 1 is 1.12 bits per heavy atom. The summed E-state index contributed by atoms with van der Waals surface area (Å²) in [5, 5.41) is 0. The highest BCUT2D eigenvalue weighted by molar-refractivity contribution is 5.02. The van der Waals surface area contributed by atoms with E-state index in [1.165, 1.54) is 51.5 Å². The molecule has 0 radical (unpaired) electrons. The van der Waals surface area contributed by atoms with Gasteiger partial charge in [0.15, 0.2) is 0 Å². The van der Waals surface area contributed by atoms with Gasteiger partial charge >= 0.3 is 0 Å². The topological polar surface area (TPSA) is 29.3 Å². The maximum absolute atomic E-state index is 6.09. The summed E-state index contributed by atoms with van der Waals surface area (Å²) < 4.78 is 0. The summed E-state index contributed by atoms with van der Waals surface area (Å²) in [4.78, 5) is 2.74. The van der Waals surface area contributed by atoms with Crippen molar-refractivity contribution in [3.8, 4) is 0 Å². The van der Waals surface area contributed by atoms with Gasteiger partial charge in [-0.3, -0.25) is 4.90 Å². The van der Waals surface area contributed by atoms with E-state index in [0.29, 0.717) is 0 Å². The molecule has 2 aliphatic carbocycles. The van der Waals surface area contributed by atoms with Gasteiger partial charge in [0.2, 0.25) is 0 Å². The number of likely N-dealkylation sites (N-methyl/N-ethyl adjacent to an activating group) is 1. The van der Waals surface area contributed by atoms with Crippen molar-refractivity contribution >= 4 is 0 Å². The zero-order valence-electron chi connectivity index (χ0n) is 11.0. The molecule has 1 atom stereocenters. The van der Waals surface area contributed by atoms with Crippen molar-refractivity contribution in [2.24, 2.45) is 11.7 Å². The van der Waals surface area contributed by atoms with Gasteiger partial charge in [-0.15, -0.1) is 0 Å². The minimum Gasteiger partial charge on any atom is -0.329 e. The van der Waals surface area contributed by atoms with Crippen LogP contribution in [0.15, 0.2) is 0 Å². The third-order valence-electron chi connectivity index (χ3n) is 4.88. The zero-order valence-corrected chi connectivity index (χ0v) is 11.0. The molecule has 1 unspecified atom stereocenters. The first-order valence-electron chi connectivity index (χ1n) is 7.19. The lowest BCUT2D eigenvalue weighted by Gasteiger charge is -2.46. The van der Waals surface area contributed by atoms with Crippen LogP contribution in [0.4, 0.5) is 0 Å². The average molecular weight is 224 g/mol. The fraction of sp³-hybridized carbons (Fsp3) is 1.00. The summed E-state index contributed by atoms with van der Waals surface area (Å²) in [5.41, 5.74) is 6.38. The summed E-state index contributed by atoms with van der Waals surface area (Å²) in [5.74, 6) is 0.874. The maximum Gasteiger partial charge on any atom is 0.0334 e. The van der Waals surface area contributed by atoms with Crippen LogP contribution in [-0.4, -0.2) is 29.6 Å². The maximum atomic E-state index is 6.09. The lowest BCUT2D eigenvalue weighted by molar-refractivity contribution is 0.0320. The van der Waals surface area contributed by atoms with Crippen LogP contribution in [0, 0.1) is 5.92 Å². The third kappa shape index (κ3) is 2.28. The van der Waals surface area contributed by atoms with Crippen molar-refractivity contribution in [1.29, 1.82) is 0 Å². The van der Waals surface area contributed by atoms with E-state index < -0.39 is 0 Å². The number of rotatable bonds is 5. The smallest absolute Gasteiger partial charge is 0.0334 e. The van der Waals surface area contributed by atoms with Gasteiger partial charge in [0.25, 0.3) is 0 Å². The SMILES string of the molecule is CCN(C1CCCCC1)C(C)(CN)C1CC1. The second-order valence-corrected chi connectivity index (χ2v) is 5.91. The van der Waals surface area contributed by atoms with Crippen LogP contribution in [0.25, 0.3) is 0 Å². The van der Waals surface area contributed by atoms with Crippen molar-refractivity contribution in [1.82, 2.24) is 4.90 Å². The van der Waals surface area contributed by atoms with E-state index >= 15 is 0 Å². The summed E-state index contributed by atoms with van der Waals surface area (Å²) in [6.45, 7) is 6.73. The van der Waals surface area contributed by atoms with Crippen LogP contribution in [0.5, 0.6) is 0 Å². The van der Waals surface area contributed by atoms with Gasteiger partial charge in [0.1, 0.15) is 0 Å². The molecular formula is C14H28N2. The van der Waals surface area contributed by atoms with Crippen LogP contribution < -0.4 is 5.73 Å². The number of nitrogens with zero attached hydrogens (tertiary/aromatic N) is 1. The molecule has 0 aromatic carbocycles. The fourth-order valence-corrected chi connectivity index (χ4v) is 3.65. The molecule has 0 aromatic rings. The standard InChI is InChI=1S/C14H28N2/c1-3-16(13-7-5-4-6-8-13)14(2,11-15)12-9-10-12/h12-13H,3-11,15H2,1-2H3. The van der Waals surface area contributed by atoms with Gasteiger partial charge in [-0.05, 0) is 45.1 Å². The monoisotopic (exact) mass is 224 g/mol. The van der Waals surface area contributed by atoms with Gasteiger partial charge in [-0.1, -0.05) is 26.2 Å². The molecule has 2 nitrogen and oxygen atoms in total. The quantitative estimate of drug-likeness (QED) is 0.778. The Hall–Kier alpha value is -0.0800. The molecule has 0 bridgehead atoms. The van der Waals surface area contributed by atoms with E-state index in [4.69, 9.17) is 5.73 Å². The Balaban J connectivity index is 2.06. The third-order valence-corrected chi connectivity index (χ3v) is 4.88. The first kappa shape index (κ1) is 12.4. The zero-order chi connectivity index (χ0) is 11.6. The van der Waals surface area contributed by atoms with Crippen LogP contribution >= 0.6 is 0 Å². The van der Waals surface area contributed by atoms with Crippen molar-refractivity contribution < 1.29 is 0 Å². The molecular weight excluding hydrogens is 196 g/mol. The largest absolute Gasteiger partial charge is 0.329 e.